The molecular weight excluding hydrogens is 212 g/mol. The smallest absolute Gasteiger partial charge is 0.0712 e. The highest BCUT2D eigenvalue weighted by Gasteiger charge is 2.12. The zero-order chi connectivity index (χ0) is 12.3. The highest BCUT2D eigenvalue weighted by atomic mass is 16.5. The van der Waals surface area contributed by atoms with E-state index in [4.69, 9.17) is 4.74 Å². The first-order valence-corrected chi connectivity index (χ1v) is 7.39. The molecule has 0 aromatic carbocycles. The summed E-state index contributed by atoms with van der Waals surface area (Å²) >= 11 is 0. The number of unbranched alkanes of at least 4 members (excludes halogenated alkanes) is 1. The molecule has 17 heavy (non-hydrogen) atoms. The normalized spacial score (nSPS) is 22.6. The van der Waals surface area contributed by atoms with E-state index in [1.165, 1.54) is 32.2 Å². The van der Waals surface area contributed by atoms with E-state index in [1.807, 2.05) is 0 Å². The van der Waals surface area contributed by atoms with Crippen molar-refractivity contribution in [1.29, 1.82) is 0 Å². The summed E-state index contributed by atoms with van der Waals surface area (Å²) < 4.78 is 5.67. The number of morpholine rings is 1. The predicted molar refractivity (Wildman–Crippen MR) is 73.4 cm³/mol. The molecule has 0 amide bonds. The maximum Gasteiger partial charge on any atom is 0.0712 e. The van der Waals surface area contributed by atoms with Crippen LogP contribution in [0.15, 0.2) is 0 Å². The Morgan fingerprint density at radius 1 is 1.41 bits per heavy atom. The lowest BCUT2D eigenvalue weighted by atomic mass is 9.99. The molecule has 3 heteroatoms. The van der Waals surface area contributed by atoms with E-state index in [1.54, 1.807) is 0 Å². The van der Waals surface area contributed by atoms with E-state index in [0.717, 1.165) is 38.6 Å². The Hall–Kier alpha value is -0.120. The van der Waals surface area contributed by atoms with Crippen LogP contribution in [0.5, 0.6) is 0 Å². The molecule has 1 saturated heterocycles. The molecule has 3 nitrogen and oxygen atoms in total. The Bertz CT molecular complexity index is 170. The number of hydrogen-bond donors (Lipinski definition) is 2. The summed E-state index contributed by atoms with van der Waals surface area (Å²) in [5, 5.41) is 6.96. The van der Waals surface area contributed by atoms with Gasteiger partial charge in [0, 0.05) is 13.1 Å². The third-order valence-corrected chi connectivity index (χ3v) is 3.62. The molecule has 2 atom stereocenters. The number of hydrogen-bond acceptors (Lipinski definition) is 3. The summed E-state index contributed by atoms with van der Waals surface area (Å²) in [6.07, 6.45) is 6.92. The van der Waals surface area contributed by atoms with Crippen LogP contribution in [-0.2, 0) is 4.74 Å². The quantitative estimate of drug-likeness (QED) is 0.608. The maximum absolute atomic E-state index is 5.67. The average Bonchev–Trinajstić information content (AvgIpc) is 2.39. The fraction of sp³-hybridized carbons (Fsp3) is 1.00. The van der Waals surface area contributed by atoms with Crippen LogP contribution >= 0.6 is 0 Å². The van der Waals surface area contributed by atoms with E-state index < -0.39 is 0 Å². The van der Waals surface area contributed by atoms with Crippen molar-refractivity contribution in [3.63, 3.8) is 0 Å². The molecule has 1 aliphatic rings. The van der Waals surface area contributed by atoms with Crippen molar-refractivity contribution in [2.45, 2.75) is 52.1 Å². The Balaban J connectivity index is 1.97. The molecule has 1 aliphatic heterocycles. The Morgan fingerprint density at radius 2 is 2.29 bits per heavy atom. The van der Waals surface area contributed by atoms with Crippen LogP contribution in [0.2, 0.25) is 0 Å². The van der Waals surface area contributed by atoms with Crippen LogP contribution < -0.4 is 10.6 Å². The van der Waals surface area contributed by atoms with Crippen LogP contribution in [0.1, 0.15) is 46.0 Å². The minimum Gasteiger partial charge on any atom is -0.376 e. The van der Waals surface area contributed by atoms with Crippen molar-refractivity contribution < 1.29 is 4.74 Å². The fourth-order valence-corrected chi connectivity index (χ4v) is 2.32. The molecule has 0 radical (unpaired) electrons. The van der Waals surface area contributed by atoms with Crippen molar-refractivity contribution in [3.8, 4) is 0 Å². The molecule has 0 aliphatic carbocycles. The molecule has 1 rings (SSSR count). The highest BCUT2D eigenvalue weighted by molar-refractivity contribution is 4.69. The third-order valence-electron chi connectivity index (χ3n) is 3.62. The standard InChI is InChI=1S/C14H30N2O/c1-3-5-6-13(4-2)11-15-8-7-14-12-16-9-10-17-14/h13-16H,3-12H2,1-2H3. The summed E-state index contributed by atoms with van der Waals surface area (Å²) in [6.45, 7) is 9.75. The SMILES string of the molecule is CCCCC(CC)CNCCC1CNCCO1. The van der Waals surface area contributed by atoms with Crippen molar-refractivity contribution in [1.82, 2.24) is 10.6 Å². The Morgan fingerprint density at radius 3 is 2.94 bits per heavy atom. The van der Waals surface area contributed by atoms with Gasteiger partial charge in [-0.05, 0) is 31.8 Å². The van der Waals surface area contributed by atoms with E-state index in [-0.39, 0.29) is 0 Å². The molecule has 2 unspecified atom stereocenters. The van der Waals surface area contributed by atoms with Crippen LogP contribution in [0, 0.1) is 5.92 Å². The van der Waals surface area contributed by atoms with E-state index >= 15 is 0 Å². The molecule has 0 bridgehead atoms. The second-order valence-corrected chi connectivity index (χ2v) is 5.11. The Labute approximate surface area is 107 Å². The molecule has 0 spiro atoms. The highest BCUT2D eigenvalue weighted by Crippen LogP contribution is 2.11. The molecule has 102 valence electrons. The lowest BCUT2D eigenvalue weighted by Crippen LogP contribution is -2.40. The zero-order valence-corrected chi connectivity index (χ0v) is 11.6. The van der Waals surface area contributed by atoms with Gasteiger partial charge in [-0.25, -0.2) is 0 Å². The lowest BCUT2D eigenvalue weighted by molar-refractivity contribution is 0.0237. The Kier molecular flexibility index (Phi) is 8.67. The zero-order valence-electron chi connectivity index (χ0n) is 11.6. The van der Waals surface area contributed by atoms with Gasteiger partial charge in [0.25, 0.3) is 0 Å². The van der Waals surface area contributed by atoms with Crippen LogP contribution in [0.25, 0.3) is 0 Å². The molecular formula is C14H30N2O. The van der Waals surface area contributed by atoms with Crippen molar-refractivity contribution >= 4 is 0 Å². The second kappa shape index (κ2) is 9.86. The van der Waals surface area contributed by atoms with Crippen molar-refractivity contribution in [3.05, 3.63) is 0 Å². The first-order valence-electron chi connectivity index (χ1n) is 7.39. The van der Waals surface area contributed by atoms with Crippen LogP contribution in [-0.4, -0.2) is 38.9 Å². The van der Waals surface area contributed by atoms with E-state index in [2.05, 4.69) is 24.5 Å². The number of rotatable bonds is 9. The molecule has 0 saturated carbocycles. The summed E-state index contributed by atoms with van der Waals surface area (Å²) in [6, 6.07) is 0. The minimum atomic E-state index is 0.423. The second-order valence-electron chi connectivity index (χ2n) is 5.11. The largest absolute Gasteiger partial charge is 0.376 e. The fourth-order valence-electron chi connectivity index (χ4n) is 2.32. The van der Waals surface area contributed by atoms with Gasteiger partial charge >= 0.3 is 0 Å². The van der Waals surface area contributed by atoms with Crippen LogP contribution in [0.4, 0.5) is 0 Å². The monoisotopic (exact) mass is 242 g/mol. The summed E-state index contributed by atoms with van der Waals surface area (Å²) in [5.41, 5.74) is 0. The van der Waals surface area contributed by atoms with Crippen molar-refractivity contribution in [2.24, 2.45) is 5.92 Å². The number of nitrogens with one attached hydrogen (secondary N) is 2. The molecule has 0 aromatic rings. The predicted octanol–water partition coefficient (Wildman–Crippen LogP) is 2.17. The van der Waals surface area contributed by atoms with Gasteiger partial charge in [0.15, 0.2) is 0 Å². The summed E-state index contributed by atoms with van der Waals surface area (Å²) in [7, 11) is 0. The van der Waals surface area contributed by atoms with Gasteiger partial charge in [-0.15, -0.1) is 0 Å². The minimum absolute atomic E-state index is 0.423. The van der Waals surface area contributed by atoms with E-state index in [0.29, 0.717) is 6.10 Å². The van der Waals surface area contributed by atoms with Crippen LogP contribution in [0.3, 0.4) is 0 Å². The molecule has 0 aromatic heterocycles. The van der Waals surface area contributed by atoms with Gasteiger partial charge in [0.2, 0.25) is 0 Å². The number of ether oxygens (including phenoxy) is 1. The van der Waals surface area contributed by atoms with Gasteiger partial charge in [0.1, 0.15) is 0 Å². The van der Waals surface area contributed by atoms with Gasteiger partial charge in [-0.2, -0.15) is 0 Å². The summed E-state index contributed by atoms with van der Waals surface area (Å²) in [4.78, 5) is 0. The summed E-state index contributed by atoms with van der Waals surface area (Å²) in [5.74, 6) is 0.861. The maximum atomic E-state index is 5.67. The van der Waals surface area contributed by atoms with Gasteiger partial charge in [-0.1, -0.05) is 33.1 Å². The third kappa shape index (κ3) is 7.02. The lowest BCUT2D eigenvalue weighted by Gasteiger charge is -2.24. The topological polar surface area (TPSA) is 33.3 Å². The first kappa shape index (κ1) is 14.9. The molecule has 2 N–H and O–H groups in total. The van der Waals surface area contributed by atoms with Gasteiger partial charge in [0.05, 0.1) is 12.7 Å². The van der Waals surface area contributed by atoms with Gasteiger partial charge in [-0.3, -0.25) is 0 Å². The molecule has 1 fully saturated rings. The van der Waals surface area contributed by atoms with E-state index in [9.17, 15) is 0 Å². The first-order chi connectivity index (χ1) is 8.36. The van der Waals surface area contributed by atoms with Crippen molar-refractivity contribution in [2.75, 3.05) is 32.8 Å². The molecule has 1 heterocycles. The average molecular weight is 242 g/mol. The van der Waals surface area contributed by atoms with Gasteiger partial charge < -0.3 is 15.4 Å².